The highest BCUT2D eigenvalue weighted by Crippen LogP contribution is 2.31. The van der Waals surface area contributed by atoms with E-state index >= 15 is 0 Å². The van der Waals surface area contributed by atoms with E-state index in [0.29, 0.717) is 9.99 Å². The van der Waals surface area contributed by atoms with Gasteiger partial charge in [-0.3, -0.25) is 9.36 Å². The number of anilines is 1. The van der Waals surface area contributed by atoms with Gasteiger partial charge >= 0.3 is 5.69 Å². The van der Waals surface area contributed by atoms with Gasteiger partial charge in [-0.2, -0.15) is 4.98 Å². The van der Waals surface area contributed by atoms with E-state index in [1.807, 2.05) is 22.6 Å². The predicted octanol–water partition coefficient (Wildman–Crippen LogP) is 1.53. The van der Waals surface area contributed by atoms with Crippen molar-refractivity contribution in [3.05, 3.63) is 58.6 Å². The van der Waals surface area contributed by atoms with Crippen molar-refractivity contribution in [2.24, 2.45) is 0 Å². The molecule has 0 unspecified atom stereocenters. The Labute approximate surface area is 156 Å². The number of carbonyl (C=O) groups is 1. The van der Waals surface area contributed by atoms with Crippen LogP contribution in [0, 0.1) is 0 Å². The van der Waals surface area contributed by atoms with Crippen LogP contribution in [0.2, 0.25) is 0 Å². The molecule has 0 bridgehead atoms. The molecule has 1 aromatic heterocycles. The first-order chi connectivity index (χ1) is 12.0. The molecule has 1 aromatic carbocycles. The summed E-state index contributed by atoms with van der Waals surface area (Å²) in [5.74, 6) is -0.361. The van der Waals surface area contributed by atoms with Crippen LogP contribution in [0.25, 0.3) is 0 Å². The van der Waals surface area contributed by atoms with Crippen molar-refractivity contribution in [1.82, 2.24) is 9.55 Å². The number of aromatic nitrogens is 2. The zero-order valence-electron chi connectivity index (χ0n) is 12.9. The van der Waals surface area contributed by atoms with Crippen LogP contribution >= 0.6 is 22.6 Å². The molecule has 0 aliphatic carbocycles. The summed E-state index contributed by atoms with van der Waals surface area (Å²) in [6.07, 6.45) is -3.68. The second-order valence-electron chi connectivity index (χ2n) is 5.48. The number of hydrogen-bond acceptors (Lipinski definition) is 5. The lowest BCUT2D eigenvalue weighted by molar-refractivity contribution is -0.0152. The molecule has 1 saturated heterocycles. The number of rotatable bonds is 4. The smallest absolute Gasteiger partial charge is 0.351 e. The summed E-state index contributed by atoms with van der Waals surface area (Å²) < 4.78 is 20.9. The van der Waals surface area contributed by atoms with Gasteiger partial charge in [0.05, 0.1) is 6.10 Å². The number of benzene rings is 1. The Bertz CT molecular complexity index is 817. The van der Waals surface area contributed by atoms with Gasteiger partial charge in [-0.1, -0.05) is 40.8 Å². The standard InChI is InChI=1S/C16H15FIN3O4/c17-12-13(22)10(8-18)25-15(12)21-7-6-11(20-16(21)24)19-14(23)9-4-2-1-3-5-9/h1-7,10,12-13,15,22H,8H2,(H,19,20,23,24)/t10-,12-,13-,15-/m1/s1. The van der Waals surface area contributed by atoms with Crippen LogP contribution in [0.4, 0.5) is 10.2 Å². The van der Waals surface area contributed by atoms with Crippen LogP contribution in [-0.2, 0) is 4.74 Å². The molecule has 2 heterocycles. The van der Waals surface area contributed by atoms with Crippen molar-refractivity contribution in [2.45, 2.75) is 24.6 Å². The lowest BCUT2D eigenvalue weighted by atomic mass is 10.2. The highest BCUT2D eigenvalue weighted by atomic mass is 127. The van der Waals surface area contributed by atoms with E-state index in [4.69, 9.17) is 4.74 Å². The molecule has 132 valence electrons. The third-order valence-corrected chi connectivity index (χ3v) is 4.70. The van der Waals surface area contributed by atoms with Crippen LogP contribution in [-0.4, -0.2) is 43.4 Å². The van der Waals surface area contributed by atoms with E-state index in [2.05, 4.69) is 10.3 Å². The molecular weight excluding hydrogens is 444 g/mol. The first-order valence-electron chi connectivity index (χ1n) is 7.50. The summed E-state index contributed by atoms with van der Waals surface area (Å²) in [7, 11) is 0. The summed E-state index contributed by atoms with van der Waals surface area (Å²) >= 11 is 1.97. The van der Waals surface area contributed by atoms with Gasteiger partial charge in [0, 0.05) is 16.2 Å². The van der Waals surface area contributed by atoms with Crippen LogP contribution < -0.4 is 11.0 Å². The number of hydrogen-bond donors (Lipinski definition) is 2. The molecule has 1 aliphatic rings. The summed E-state index contributed by atoms with van der Waals surface area (Å²) in [6, 6.07) is 9.84. The maximum atomic E-state index is 14.2. The topological polar surface area (TPSA) is 93.5 Å². The molecular formula is C16H15FIN3O4. The number of nitrogens with one attached hydrogen (secondary N) is 1. The minimum Gasteiger partial charge on any atom is -0.387 e. The van der Waals surface area contributed by atoms with Gasteiger partial charge in [0.1, 0.15) is 11.9 Å². The van der Waals surface area contributed by atoms with Crippen molar-refractivity contribution in [1.29, 1.82) is 0 Å². The highest BCUT2D eigenvalue weighted by Gasteiger charge is 2.45. The molecule has 1 aliphatic heterocycles. The fourth-order valence-corrected chi connectivity index (χ4v) is 3.24. The van der Waals surface area contributed by atoms with Crippen molar-refractivity contribution >= 4 is 34.3 Å². The quantitative estimate of drug-likeness (QED) is 0.535. The van der Waals surface area contributed by atoms with Gasteiger partial charge in [0.15, 0.2) is 12.4 Å². The monoisotopic (exact) mass is 459 g/mol. The number of aliphatic hydroxyl groups excluding tert-OH is 1. The minimum absolute atomic E-state index is 0.0505. The fourth-order valence-electron chi connectivity index (χ4n) is 2.51. The Morgan fingerprint density at radius 2 is 2.08 bits per heavy atom. The maximum absolute atomic E-state index is 14.2. The number of carbonyl (C=O) groups excluding carboxylic acids is 1. The molecule has 2 aromatic rings. The van der Waals surface area contributed by atoms with Crippen molar-refractivity contribution in [3.8, 4) is 0 Å². The zero-order valence-corrected chi connectivity index (χ0v) is 15.0. The molecule has 1 fully saturated rings. The molecule has 3 rings (SSSR count). The normalized spacial score (nSPS) is 25.7. The van der Waals surface area contributed by atoms with E-state index in [1.54, 1.807) is 30.3 Å². The van der Waals surface area contributed by atoms with E-state index < -0.39 is 36.2 Å². The number of ether oxygens (including phenoxy) is 1. The highest BCUT2D eigenvalue weighted by molar-refractivity contribution is 14.1. The second-order valence-corrected chi connectivity index (χ2v) is 6.36. The molecule has 9 heteroatoms. The number of nitrogens with zero attached hydrogens (tertiary/aromatic N) is 2. The fraction of sp³-hybridized carbons (Fsp3) is 0.312. The Hall–Kier alpha value is -1.85. The van der Waals surface area contributed by atoms with E-state index in [9.17, 15) is 19.1 Å². The van der Waals surface area contributed by atoms with Gasteiger partial charge in [0.2, 0.25) is 0 Å². The molecule has 2 N–H and O–H groups in total. The van der Waals surface area contributed by atoms with Gasteiger partial charge in [-0.15, -0.1) is 0 Å². The van der Waals surface area contributed by atoms with Gasteiger partial charge in [-0.05, 0) is 18.2 Å². The summed E-state index contributed by atoms with van der Waals surface area (Å²) in [5, 5.41) is 12.3. The van der Waals surface area contributed by atoms with Crippen LogP contribution in [0.1, 0.15) is 16.6 Å². The van der Waals surface area contributed by atoms with Crippen molar-refractivity contribution in [2.75, 3.05) is 9.74 Å². The Kier molecular flexibility index (Phi) is 5.45. The number of amides is 1. The van der Waals surface area contributed by atoms with E-state index in [1.165, 1.54) is 12.3 Å². The molecule has 25 heavy (non-hydrogen) atoms. The molecule has 0 saturated carbocycles. The molecule has 1 amide bonds. The molecule has 4 atom stereocenters. The van der Waals surface area contributed by atoms with Gasteiger partial charge in [0.25, 0.3) is 5.91 Å². The maximum Gasteiger partial charge on any atom is 0.351 e. The zero-order chi connectivity index (χ0) is 18.0. The molecule has 7 nitrogen and oxygen atoms in total. The molecule has 0 spiro atoms. The first kappa shape index (κ1) is 18.0. The van der Waals surface area contributed by atoms with Crippen LogP contribution in [0.3, 0.4) is 0 Å². The third-order valence-electron chi connectivity index (χ3n) is 3.83. The van der Waals surface area contributed by atoms with Crippen LogP contribution in [0.5, 0.6) is 0 Å². The number of alkyl halides is 2. The first-order valence-corrected chi connectivity index (χ1v) is 9.03. The minimum atomic E-state index is -1.73. The summed E-state index contributed by atoms with van der Waals surface area (Å²) in [6.45, 7) is 0. The van der Waals surface area contributed by atoms with Crippen molar-refractivity contribution < 1.29 is 19.0 Å². The second kappa shape index (κ2) is 7.58. The van der Waals surface area contributed by atoms with Gasteiger partial charge < -0.3 is 15.2 Å². The number of aliphatic hydroxyl groups is 1. The number of halogens is 2. The average Bonchev–Trinajstić information content (AvgIpc) is 2.91. The lowest BCUT2D eigenvalue weighted by Gasteiger charge is -2.16. The SMILES string of the molecule is O=C(Nc1ccn([C@@H]2O[C@H](CI)[C@@H](O)[C@H]2F)c(=O)n1)c1ccccc1. The predicted molar refractivity (Wildman–Crippen MR) is 96.6 cm³/mol. The van der Waals surface area contributed by atoms with Crippen molar-refractivity contribution in [3.63, 3.8) is 0 Å². The summed E-state index contributed by atoms with van der Waals surface area (Å²) in [4.78, 5) is 28.0. The van der Waals surface area contributed by atoms with E-state index in [0.717, 1.165) is 4.57 Å². The third kappa shape index (κ3) is 3.72. The van der Waals surface area contributed by atoms with Gasteiger partial charge in [-0.25, -0.2) is 9.18 Å². The lowest BCUT2D eigenvalue weighted by Crippen LogP contribution is -2.33. The Morgan fingerprint density at radius 1 is 1.36 bits per heavy atom. The Balaban J connectivity index is 1.78. The van der Waals surface area contributed by atoms with E-state index in [-0.39, 0.29) is 5.82 Å². The Morgan fingerprint density at radius 3 is 2.68 bits per heavy atom. The summed E-state index contributed by atoms with van der Waals surface area (Å²) in [5.41, 5.74) is -0.357. The molecule has 0 radical (unpaired) electrons. The van der Waals surface area contributed by atoms with Crippen LogP contribution in [0.15, 0.2) is 47.4 Å². The average molecular weight is 459 g/mol. The largest absolute Gasteiger partial charge is 0.387 e.